The number of benzene rings is 2. The van der Waals surface area contributed by atoms with Crippen LogP contribution in [0.5, 0.6) is 5.75 Å². The Bertz CT molecular complexity index is 1160. The van der Waals surface area contributed by atoms with E-state index < -0.39 is 18.1 Å². The summed E-state index contributed by atoms with van der Waals surface area (Å²) in [4.78, 5) is 30.5. The Morgan fingerprint density at radius 3 is 2.49 bits per heavy atom. The van der Waals surface area contributed by atoms with Crippen LogP contribution in [-0.4, -0.2) is 40.7 Å². The van der Waals surface area contributed by atoms with Gasteiger partial charge in [0.1, 0.15) is 16.5 Å². The maximum Gasteiger partial charge on any atom is 0.333 e. The number of nitrogens with two attached hydrogens (primary N) is 1. The molecule has 3 aromatic rings. The van der Waals surface area contributed by atoms with Gasteiger partial charge in [0.2, 0.25) is 5.78 Å². The van der Waals surface area contributed by atoms with Crippen molar-refractivity contribution in [3.05, 3.63) is 70.2 Å². The molecule has 1 heterocycles. The first-order chi connectivity index (χ1) is 16.7. The molecule has 35 heavy (non-hydrogen) atoms. The maximum absolute atomic E-state index is 13.5. The Morgan fingerprint density at radius 2 is 1.86 bits per heavy atom. The number of aryl methyl sites for hydroxylation is 1. The number of hydrogen-bond acceptors (Lipinski definition) is 7. The lowest BCUT2D eigenvalue weighted by molar-refractivity contribution is -0.153. The van der Waals surface area contributed by atoms with Crippen molar-refractivity contribution < 1.29 is 24.2 Å². The highest BCUT2D eigenvalue weighted by Gasteiger charge is 2.27. The molecule has 0 aliphatic carbocycles. The van der Waals surface area contributed by atoms with E-state index in [0.29, 0.717) is 29.2 Å². The molecule has 1 aromatic heterocycles. The van der Waals surface area contributed by atoms with E-state index in [2.05, 4.69) is 4.98 Å². The van der Waals surface area contributed by atoms with Crippen LogP contribution in [0.4, 0.5) is 0 Å². The van der Waals surface area contributed by atoms with E-state index in [1.807, 2.05) is 44.2 Å². The third-order valence-electron chi connectivity index (χ3n) is 5.34. The summed E-state index contributed by atoms with van der Waals surface area (Å²) in [5, 5.41) is 10.3. The van der Waals surface area contributed by atoms with Gasteiger partial charge in [-0.05, 0) is 44.9 Å². The predicted octanol–water partition coefficient (Wildman–Crippen LogP) is 5.21. The van der Waals surface area contributed by atoms with E-state index in [4.69, 9.17) is 15.2 Å². The normalized spacial score (nSPS) is 13.0. The fraction of sp³-hybridized carbons (Fsp3) is 0.370. The van der Waals surface area contributed by atoms with Crippen molar-refractivity contribution in [3.63, 3.8) is 0 Å². The van der Waals surface area contributed by atoms with Crippen LogP contribution in [0, 0.1) is 6.92 Å². The minimum atomic E-state index is -1.04. The molecule has 0 fully saturated rings. The van der Waals surface area contributed by atoms with Crippen LogP contribution >= 0.6 is 11.3 Å². The maximum atomic E-state index is 13.5. The zero-order valence-corrected chi connectivity index (χ0v) is 21.3. The molecule has 0 aliphatic rings. The van der Waals surface area contributed by atoms with Crippen molar-refractivity contribution in [1.29, 1.82) is 0 Å². The smallest absolute Gasteiger partial charge is 0.333 e. The van der Waals surface area contributed by atoms with Crippen LogP contribution in [0.3, 0.4) is 0 Å². The van der Waals surface area contributed by atoms with Crippen molar-refractivity contribution in [1.82, 2.24) is 4.98 Å². The van der Waals surface area contributed by atoms with Gasteiger partial charge in [-0.25, -0.2) is 9.78 Å². The number of Topliss-reactive ketones (excluding diaryl/α,β-unsaturated/α-hetero) is 1. The van der Waals surface area contributed by atoms with Crippen molar-refractivity contribution in [2.45, 2.75) is 58.8 Å². The number of ether oxygens (including phenoxy) is 2. The molecule has 0 radical (unpaired) electrons. The molecule has 0 spiro atoms. The zero-order chi connectivity index (χ0) is 25.5. The van der Waals surface area contributed by atoms with E-state index >= 15 is 0 Å². The summed E-state index contributed by atoms with van der Waals surface area (Å²) < 4.78 is 11.4. The number of thiazole rings is 1. The van der Waals surface area contributed by atoms with Crippen molar-refractivity contribution in [2.24, 2.45) is 5.73 Å². The molecular weight excluding hydrogens is 464 g/mol. The number of carbonyl (C=O) groups is 2. The van der Waals surface area contributed by atoms with Gasteiger partial charge in [-0.1, -0.05) is 43.3 Å². The van der Waals surface area contributed by atoms with E-state index in [9.17, 15) is 14.7 Å². The lowest BCUT2D eigenvalue weighted by Gasteiger charge is -2.20. The Kier molecular flexibility index (Phi) is 9.14. The molecule has 2 aromatic carbocycles. The Hall–Kier alpha value is -3.07. The minimum absolute atomic E-state index is 0.142. The first-order valence-electron chi connectivity index (χ1n) is 11.7. The molecule has 186 valence electrons. The lowest BCUT2D eigenvalue weighted by atomic mass is 9.96. The van der Waals surface area contributed by atoms with Gasteiger partial charge in [-0.3, -0.25) is 4.79 Å². The number of aromatic nitrogens is 1. The van der Waals surface area contributed by atoms with Crippen molar-refractivity contribution >= 4 is 23.1 Å². The van der Waals surface area contributed by atoms with Gasteiger partial charge in [0, 0.05) is 22.4 Å². The summed E-state index contributed by atoms with van der Waals surface area (Å²) in [6.07, 6.45) is -0.313. The van der Waals surface area contributed by atoms with Crippen LogP contribution in [0.1, 0.15) is 59.7 Å². The lowest BCUT2D eigenvalue weighted by Crippen LogP contribution is -2.29. The molecule has 8 heteroatoms. The van der Waals surface area contributed by atoms with Gasteiger partial charge in [-0.15, -0.1) is 11.3 Å². The number of ketones is 1. The second-order valence-electron chi connectivity index (χ2n) is 8.57. The average Bonchev–Trinajstić information content (AvgIpc) is 3.23. The molecule has 3 N–H and O–H groups in total. The zero-order valence-electron chi connectivity index (χ0n) is 20.5. The summed E-state index contributed by atoms with van der Waals surface area (Å²) >= 11 is 1.45. The summed E-state index contributed by atoms with van der Waals surface area (Å²) in [6.45, 7) is 7.89. The number of rotatable bonds is 12. The van der Waals surface area contributed by atoms with Gasteiger partial charge in [0.05, 0.1) is 18.8 Å². The number of carboxylic acid groups (broad SMARTS) is 1. The minimum Gasteiger partial charge on any atom is -0.493 e. The van der Waals surface area contributed by atoms with Gasteiger partial charge >= 0.3 is 5.97 Å². The van der Waals surface area contributed by atoms with Crippen LogP contribution in [0.25, 0.3) is 10.6 Å². The molecule has 3 rings (SSSR count). The highest BCUT2D eigenvalue weighted by Crippen LogP contribution is 2.32. The highest BCUT2D eigenvalue weighted by molar-refractivity contribution is 7.15. The van der Waals surface area contributed by atoms with E-state index in [-0.39, 0.29) is 18.3 Å². The Balaban J connectivity index is 1.93. The largest absolute Gasteiger partial charge is 0.493 e. The number of aliphatic carboxylic acids is 1. The molecule has 7 nitrogen and oxygen atoms in total. The van der Waals surface area contributed by atoms with Gasteiger partial charge in [-0.2, -0.15) is 0 Å². The number of nitrogens with zero attached hydrogens (tertiary/aromatic N) is 1. The molecule has 0 aliphatic heterocycles. The fourth-order valence-corrected chi connectivity index (χ4v) is 4.59. The average molecular weight is 497 g/mol. The van der Waals surface area contributed by atoms with Crippen LogP contribution in [0.15, 0.2) is 48.5 Å². The van der Waals surface area contributed by atoms with Crippen LogP contribution < -0.4 is 10.5 Å². The van der Waals surface area contributed by atoms with E-state index in [1.165, 1.54) is 11.3 Å². The quantitative estimate of drug-likeness (QED) is 0.331. The summed E-state index contributed by atoms with van der Waals surface area (Å²) in [5.41, 5.74) is 8.96. The number of carboxylic acids is 1. The second kappa shape index (κ2) is 12.1. The first kappa shape index (κ1) is 26.5. The van der Waals surface area contributed by atoms with Crippen LogP contribution in [0.2, 0.25) is 0 Å². The summed E-state index contributed by atoms with van der Waals surface area (Å²) in [7, 11) is 0. The monoisotopic (exact) mass is 496 g/mol. The topological polar surface area (TPSA) is 112 Å². The molecule has 0 saturated carbocycles. The molecule has 0 bridgehead atoms. The van der Waals surface area contributed by atoms with Crippen molar-refractivity contribution in [3.8, 4) is 16.3 Å². The third kappa shape index (κ3) is 6.75. The Morgan fingerprint density at radius 1 is 1.14 bits per heavy atom. The van der Waals surface area contributed by atoms with Crippen molar-refractivity contribution in [2.75, 3.05) is 6.61 Å². The Labute approximate surface area is 209 Å². The molecule has 0 amide bonds. The molecular formula is C27H32N2O5S. The highest BCUT2D eigenvalue weighted by atomic mass is 32.1. The molecule has 2 atom stereocenters. The fourth-order valence-electron chi connectivity index (χ4n) is 3.67. The standard InChI is InChI=1S/C27H32N2O5S/c1-5-13-33-21-12-11-18(15-22(27(31)32)34-16(2)3)14-20(21)23(28)25(30)24-17(4)35-26(29-24)19-9-7-6-8-10-19/h6-12,14,16,22-23H,5,13,15,28H2,1-4H3,(H,31,32). The SMILES string of the molecule is CCCOc1ccc(CC(OC(C)C)C(=O)O)cc1C(N)C(=O)c1nc(-c2ccccc2)sc1C. The summed E-state index contributed by atoms with van der Waals surface area (Å²) in [6, 6.07) is 13.9. The molecule has 2 unspecified atom stereocenters. The number of carbonyl (C=O) groups excluding carboxylic acids is 1. The predicted molar refractivity (Wildman–Crippen MR) is 137 cm³/mol. The first-order valence-corrected chi connectivity index (χ1v) is 12.5. The van der Waals surface area contributed by atoms with Gasteiger partial charge < -0.3 is 20.3 Å². The number of hydrogen-bond donors (Lipinski definition) is 2. The second-order valence-corrected chi connectivity index (χ2v) is 9.77. The van der Waals surface area contributed by atoms with E-state index in [0.717, 1.165) is 21.9 Å². The van der Waals surface area contributed by atoms with E-state index in [1.54, 1.807) is 32.0 Å². The molecule has 0 saturated heterocycles. The van der Waals surface area contributed by atoms with Gasteiger partial charge in [0.15, 0.2) is 6.10 Å². The van der Waals surface area contributed by atoms with Crippen LogP contribution in [-0.2, 0) is 16.0 Å². The summed E-state index contributed by atoms with van der Waals surface area (Å²) in [5.74, 6) is -0.851. The van der Waals surface area contributed by atoms with Gasteiger partial charge in [0.25, 0.3) is 0 Å². The third-order valence-corrected chi connectivity index (χ3v) is 6.36.